The number of aromatic nitrogens is 1. The number of rotatable bonds is 7. The number of nitrogens with one attached hydrogen (secondary N) is 1. The topological polar surface area (TPSA) is 80.7 Å². The summed E-state index contributed by atoms with van der Waals surface area (Å²) >= 11 is 0. The fourth-order valence-corrected chi connectivity index (χ4v) is 2.68. The van der Waals surface area contributed by atoms with Crippen molar-refractivity contribution in [3.8, 4) is 0 Å². The van der Waals surface area contributed by atoms with Gasteiger partial charge in [-0.2, -0.15) is 0 Å². The monoisotopic (exact) mass is 471 g/mol. The third-order valence-electron chi connectivity index (χ3n) is 4.21. The van der Waals surface area contributed by atoms with Gasteiger partial charge in [0.25, 0.3) is 0 Å². The summed E-state index contributed by atoms with van der Waals surface area (Å²) < 4.78 is 74.8. The number of benzene rings is 1. The van der Waals surface area contributed by atoms with E-state index in [9.17, 15) is 31.5 Å². The first-order valence-corrected chi connectivity index (χ1v) is 9.80. The molecule has 0 saturated carbocycles. The Morgan fingerprint density at radius 1 is 1.09 bits per heavy atom. The maximum Gasteiger partial charge on any atom is 0.322 e. The molecule has 1 N–H and O–H groups in total. The largest absolute Gasteiger partial charge is 0.465 e. The standard InChI is InChI=1S/C22H22F5N3O3/c1-6-33-21(32)12(18(31)11-7-13(23)17(27)10(2)16(11)26)9-28-19-14(24)8-15(25)20(29-19)30-22(3,4)5/h7-9,12H,6H2,1-5H3,(H,29,30). The number of nitrogens with zero attached hydrogens (tertiary/aromatic N) is 2. The quantitative estimate of drug-likeness (QED) is 0.153. The third kappa shape index (κ3) is 6.11. The second-order valence-corrected chi connectivity index (χ2v) is 8.03. The van der Waals surface area contributed by atoms with Crippen LogP contribution in [0.3, 0.4) is 0 Å². The molecule has 6 nitrogen and oxygen atoms in total. The second kappa shape index (κ2) is 10.1. The Morgan fingerprint density at radius 2 is 1.73 bits per heavy atom. The van der Waals surface area contributed by atoms with E-state index < -0.39 is 69.2 Å². The normalized spacial score (nSPS) is 12.7. The van der Waals surface area contributed by atoms with Crippen LogP contribution in [0.25, 0.3) is 0 Å². The summed E-state index contributed by atoms with van der Waals surface area (Å²) in [5.41, 5.74) is -2.32. The van der Waals surface area contributed by atoms with Gasteiger partial charge in [0.15, 0.2) is 46.6 Å². The lowest BCUT2D eigenvalue weighted by Crippen LogP contribution is -2.29. The number of carbonyl (C=O) groups excluding carboxylic acids is 2. The maximum absolute atomic E-state index is 14.4. The summed E-state index contributed by atoms with van der Waals surface area (Å²) in [6, 6.07) is 0.815. The molecule has 33 heavy (non-hydrogen) atoms. The van der Waals surface area contributed by atoms with E-state index in [4.69, 9.17) is 4.74 Å². The smallest absolute Gasteiger partial charge is 0.322 e. The van der Waals surface area contributed by atoms with E-state index in [0.29, 0.717) is 18.3 Å². The van der Waals surface area contributed by atoms with Crippen LogP contribution in [-0.4, -0.2) is 35.1 Å². The molecule has 1 aromatic heterocycles. The van der Waals surface area contributed by atoms with E-state index in [1.807, 2.05) is 0 Å². The Labute approximate surface area is 186 Å². The third-order valence-corrected chi connectivity index (χ3v) is 4.21. The molecule has 2 aromatic rings. The Balaban J connectivity index is 2.52. The molecule has 0 aliphatic rings. The van der Waals surface area contributed by atoms with Gasteiger partial charge in [-0.25, -0.2) is 31.9 Å². The van der Waals surface area contributed by atoms with Crippen LogP contribution in [0, 0.1) is 41.9 Å². The molecule has 0 amide bonds. The van der Waals surface area contributed by atoms with Gasteiger partial charge < -0.3 is 10.1 Å². The molecule has 0 bridgehead atoms. The Morgan fingerprint density at radius 3 is 2.30 bits per heavy atom. The minimum absolute atomic E-state index is 0.168. The van der Waals surface area contributed by atoms with E-state index >= 15 is 0 Å². The molecule has 0 aliphatic heterocycles. The zero-order chi connectivity index (χ0) is 25.1. The Bertz CT molecular complexity index is 1110. The highest BCUT2D eigenvalue weighted by atomic mass is 19.2. The molecule has 1 atom stereocenters. The van der Waals surface area contributed by atoms with Gasteiger partial charge in [0.2, 0.25) is 0 Å². The molecule has 0 radical (unpaired) electrons. The predicted octanol–water partition coefficient (Wildman–Crippen LogP) is 5.06. The van der Waals surface area contributed by atoms with E-state index in [-0.39, 0.29) is 12.4 Å². The van der Waals surface area contributed by atoms with Crippen molar-refractivity contribution in [2.75, 3.05) is 11.9 Å². The first-order chi connectivity index (χ1) is 15.3. The highest BCUT2D eigenvalue weighted by Gasteiger charge is 2.32. The fourth-order valence-electron chi connectivity index (χ4n) is 2.68. The molecule has 1 heterocycles. The molecule has 1 unspecified atom stereocenters. The SMILES string of the molecule is CCOC(=O)C(C=Nc1nc(NC(C)(C)C)c(F)cc1F)C(=O)c1cc(F)c(F)c(C)c1F. The number of pyridine rings is 1. The molecule has 0 spiro atoms. The van der Waals surface area contributed by atoms with Gasteiger partial charge >= 0.3 is 5.97 Å². The summed E-state index contributed by atoms with van der Waals surface area (Å²) in [4.78, 5) is 32.5. The maximum atomic E-state index is 14.4. The van der Waals surface area contributed by atoms with Crippen LogP contribution in [-0.2, 0) is 9.53 Å². The summed E-state index contributed by atoms with van der Waals surface area (Å²) in [7, 11) is 0. The Kier molecular flexibility index (Phi) is 7.89. The van der Waals surface area contributed by atoms with Gasteiger partial charge in [-0.1, -0.05) is 0 Å². The number of hydrogen-bond donors (Lipinski definition) is 1. The van der Waals surface area contributed by atoms with Crippen molar-refractivity contribution in [3.63, 3.8) is 0 Å². The summed E-state index contributed by atoms with van der Waals surface area (Å²) in [5, 5.41) is 2.71. The van der Waals surface area contributed by atoms with Crippen molar-refractivity contribution >= 4 is 29.6 Å². The van der Waals surface area contributed by atoms with Gasteiger partial charge in [0.05, 0.1) is 12.2 Å². The first-order valence-electron chi connectivity index (χ1n) is 9.80. The van der Waals surface area contributed by atoms with E-state index in [0.717, 1.165) is 6.92 Å². The lowest BCUT2D eigenvalue weighted by Gasteiger charge is -2.21. The van der Waals surface area contributed by atoms with Gasteiger partial charge in [-0.05, 0) is 40.7 Å². The van der Waals surface area contributed by atoms with Crippen molar-refractivity contribution in [2.24, 2.45) is 10.9 Å². The molecule has 0 fully saturated rings. The van der Waals surface area contributed by atoms with E-state index in [1.54, 1.807) is 20.8 Å². The molecule has 0 saturated heterocycles. The zero-order valence-corrected chi connectivity index (χ0v) is 18.5. The molecule has 0 aliphatic carbocycles. The summed E-state index contributed by atoms with van der Waals surface area (Å²) in [6.07, 6.45) is 0.626. The number of halogens is 5. The second-order valence-electron chi connectivity index (χ2n) is 8.03. The van der Waals surface area contributed by atoms with Crippen LogP contribution in [0.5, 0.6) is 0 Å². The summed E-state index contributed by atoms with van der Waals surface area (Å²) in [6.45, 7) is 7.29. The number of hydrogen-bond acceptors (Lipinski definition) is 6. The Hall–Kier alpha value is -3.37. The number of anilines is 1. The lowest BCUT2D eigenvalue weighted by molar-refractivity contribution is -0.143. The van der Waals surface area contributed by atoms with Crippen molar-refractivity contribution in [1.82, 2.24) is 4.98 Å². The molecule has 178 valence electrons. The lowest BCUT2D eigenvalue weighted by atomic mass is 9.96. The van der Waals surface area contributed by atoms with Crippen LogP contribution in [0.1, 0.15) is 43.6 Å². The highest BCUT2D eigenvalue weighted by Crippen LogP contribution is 2.25. The van der Waals surface area contributed by atoms with Crippen LogP contribution in [0.4, 0.5) is 33.6 Å². The number of carbonyl (C=O) groups is 2. The minimum Gasteiger partial charge on any atom is -0.465 e. The molecule has 1 aromatic carbocycles. The number of ketones is 1. The summed E-state index contributed by atoms with van der Waals surface area (Å²) in [5.74, 6) is -12.0. The van der Waals surface area contributed by atoms with Gasteiger partial charge in [0, 0.05) is 23.4 Å². The van der Waals surface area contributed by atoms with Crippen molar-refractivity contribution in [3.05, 3.63) is 52.3 Å². The highest BCUT2D eigenvalue weighted by molar-refractivity contribution is 6.18. The fraction of sp³-hybridized carbons (Fsp3) is 0.364. The van der Waals surface area contributed by atoms with Crippen LogP contribution in [0.2, 0.25) is 0 Å². The number of ether oxygens (including phenoxy) is 1. The molecule has 2 rings (SSSR count). The molecular weight excluding hydrogens is 449 g/mol. The van der Waals surface area contributed by atoms with Crippen molar-refractivity contribution in [1.29, 1.82) is 0 Å². The number of esters is 1. The van der Waals surface area contributed by atoms with Crippen molar-refractivity contribution in [2.45, 2.75) is 40.2 Å². The van der Waals surface area contributed by atoms with E-state index in [1.165, 1.54) is 6.92 Å². The van der Waals surface area contributed by atoms with E-state index in [2.05, 4.69) is 15.3 Å². The van der Waals surface area contributed by atoms with Crippen LogP contribution >= 0.6 is 0 Å². The predicted molar refractivity (Wildman–Crippen MR) is 111 cm³/mol. The van der Waals surface area contributed by atoms with Gasteiger partial charge in [0.1, 0.15) is 5.82 Å². The molecular formula is C22H22F5N3O3. The first kappa shape index (κ1) is 25.9. The van der Waals surface area contributed by atoms with Gasteiger partial charge in [-0.15, -0.1) is 0 Å². The van der Waals surface area contributed by atoms with Crippen molar-refractivity contribution < 1.29 is 36.3 Å². The van der Waals surface area contributed by atoms with Crippen LogP contribution < -0.4 is 5.32 Å². The average molecular weight is 471 g/mol. The van der Waals surface area contributed by atoms with Crippen LogP contribution in [0.15, 0.2) is 17.1 Å². The molecule has 11 heteroatoms. The minimum atomic E-state index is -1.94. The average Bonchev–Trinajstić information content (AvgIpc) is 2.71. The zero-order valence-electron chi connectivity index (χ0n) is 18.5. The van der Waals surface area contributed by atoms with Gasteiger partial charge in [-0.3, -0.25) is 9.59 Å². The number of Topliss-reactive ketones (excluding diaryl/α,β-unsaturated/α-hetero) is 1. The number of aliphatic imine (C=N–C) groups is 1.